The monoisotopic (exact) mass is 495 g/mol. The first-order valence-corrected chi connectivity index (χ1v) is 13.6. The minimum absolute atomic E-state index is 0.0573. The lowest BCUT2D eigenvalue weighted by molar-refractivity contribution is -0.125. The second-order valence-corrected chi connectivity index (χ2v) is 11.5. The van der Waals surface area contributed by atoms with E-state index in [1.807, 2.05) is 104 Å². The zero-order valence-electron chi connectivity index (χ0n) is 20.0. The zero-order valence-corrected chi connectivity index (χ0v) is 20.8. The summed E-state index contributed by atoms with van der Waals surface area (Å²) in [4.78, 5) is 14.4. The van der Waals surface area contributed by atoms with E-state index in [-0.39, 0.29) is 33.8 Å². The van der Waals surface area contributed by atoms with Crippen LogP contribution in [0.5, 0.6) is 0 Å². The van der Waals surface area contributed by atoms with E-state index in [4.69, 9.17) is 0 Å². The van der Waals surface area contributed by atoms with E-state index in [0.717, 1.165) is 22.5 Å². The van der Waals surface area contributed by atoms with Crippen LogP contribution in [0.25, 0.3) is 0 Å². The molecule has 2 aliphatic rings. The number of sulfonamides is 1. The van der Waals surface area contributed by atoms with Gasteiger partial charge in [-0.3, -0.25) is 4.31 Å². The molecule has 36 heavy (non-hydrogen) atoms. The number of aryl methyl sites for hydroxylation is 1. The fourth-order valence-electron chi connectivity index (χ4n) is 6.00. The smallest absolute Gasteiger partial charge is 0.265 e. The standard InChI is InChI=1S/C30H27N2O3S/c1-22-16-18-26(19-17-22)36(34,35)31-21-23-20-29(33)32(24-10-4-2-5-11-24,25-12-6-3-7-13-25)30(23)27-14-8-9-15-28(27)31/h2-19,23,30H,20-21H2,1H3/q+1. The number of benzene rings is 4. The summed E-state index contributed by atoms with van der Waals surface area (Å²) in [7, 11) is -3.80. The number of hydrogen-bond donors (Lipinski definition) is 0. The second kappa shape index (κ2) is 8.43. The van der Waals surface area contributed by atoms with Gasteiger partial charge in [-0.1, -0.05) is 72.3 Å². The summed E-state index contributed by atoms with van der Waals surface area (Å²) in [6.07, 6.45) is 0.294. The van der Waals surface area contributed by atoms with Crippen molar-refractivity contribution in [2.24, 2.45) is 5.92 Å². The third-order valence-corrected chi connectivity index (χ3v) is 9.35. The summed E-state index contributed by atoms with van der Waals surface area (Å²) in [5, 5.41) is 0. The Bertz CT molecular complexity index is 1490. The van der Waals surface area contributed by atoms with Crippen LogP contribution in [0.1, 0.15) is 23.6 Å². The van der Waals surface area contributed by atoms with E-state index >= 15 is 0 Å². The van der Waals surface area contributed by atoms with E-state index in [2.05, 4.69) is 0 Å². The summed E-state index contributed by atoms with van der Waals surface area (Å²) >= 11 is 0. The maximum Gasteiger partial charge on any atom is 0.324 e. The molecule has 1 saturated heterocycles. The molecule has 4 aromatic rings. The van der Waals surface area contributed by atoms with Crippen LogP contribution < -0.4 is 8.79 Å². The molecule has 0 aliphatic carbocycles. The van der Waals surface area contributed by atoms with E-state index in [9.17, 15) is 13.2 Å². The quantitative estimate of drug-likeness (QED) is 0.320. The number of anilines is 1. The fraction of sp³-hybridized carbons (Fsp3) is 0.167. The molecule has 2 atom stereocenters. The van der Waals surface area contributed by atoms with Gasteiger partial charge in [0.05, 0.1) is 17.0 Å². The van der Waals surface area contributed by atoms with Crippen molar-refractivity contribution >= 4 is 33.0 Å². The highest BCUT2D eigenvalue weighted by molar-refractivity contribution is 7.92. The van der Waals surface area contributed by atoms with Crippen molar-refractivity contribution in [3.8, 4) is 0 Å². The van der Waals surface area contributed by atoms with E-state index in [1.165, 1.54) is 4.31 Å². The molecule has 1 fully saturated rings. The Hall–Kier alpha value is -3.74. The van der Waals surface area contributed by atoms with Gasteiger partial charge in [-0.25, -0.2) is 13.2 Å². The molecule has 4 aromatic carbocycles. The van der Waals surface area contributed by atoms with Crippen molar-refractivity contribution in [1.29, 1.82) is 0 Å². The number of amides is 1. The molecule has 0 saturated carbocycles. The minimum atomic E-state index is -3.80. The molecule has 0 spiro atoms. The van der Waals surface area contributed by atoms with Crippen LogP contribution in [0.3, 0.4) is 0 Å². The lowest BCUT2D eigenvalue weighted by Crippen LogP contribution is -2.51. The van der Waals surface area contributed by atoms with Gasteiger partial charge in [0.25, 0.3) is 10.0 Å². The number of nitrogens with zero attached hydrogens (tertiary/aromatic N) is 2. The highest BCUT2D eigenvalue weighted by Crippen LogP contribution is 2.57. The van der Waals surface area contributed by atoms with E-state index < -0.39 is 10.0 Å². The van der Waals surface area contributed by atoms with Gasteiger partial charge in [0.15, 0.2) is 0 Å². The van der Waals surface area contributed by atoms with Gasteiger partial charge >= 0.3 is 5.91 Å². The predicted octanol–water partition coefficient (Wildman–Crippen LogP) is 6.13. The second-order valence-electron chi connectivity index (χ2n) is 9.60. The van der Waals surface area contributed by atoms with Gasteiger partial charge in [0, 0.05) is 42.3 Å². The Morgan fingerprint density at radius 1 is 0.750 bits per heavy atom. The third kappa shape index (κ3) is 3.25. The van der Waals surface area contributed by atoms with Crippen LogP contribution in [-0.4, -0.2) is 20.9 Å². The first-order valence-electron chi connectivity index (χ1n) is 12.2. The SMILES string of the molecule is Cc1ccc(S(=O)(=O)N2CC3CC(=O)[N+](c4ccccc4)(c4ccccc4)C3c3ccccc32)cc1. The number of carbonyl (C=O) groups is 1. The summed E-state index contributed by atoms with van der Waals surface area (Å²) in [6.45, 7) is 2.19. The van der Waals surface area contributed by atoms with Gasteiger partial charge in [-0.05, 0) is 25.1 Å². The molecular weight excluding hydrogens is 468 g/mol. The van der Waals surface area contributed by atoms with E-state index in [0.29, 0.717) is 12.1 Å². The summed E-state index contributed by atoms with van der Waals surface area (Å²) in [5.41, 5.74) is 4.31. The molecule has 0 N–H and O–H groups in total. The number of hydrogen-bond acceptors (Lipinski definition) is 3. The maximum atomic E-state index is 14.1. The third-order valence-electron chi connectivity index (χ3n) is 7.55. The molecule has 2 unspecified atom stereocenters. The predicted molar refractivity (Wildman–Crippen MR) is 142 cm³/mol. The lowest BCUT2D eigenvalue weighted by atomic mass is 9.87. The van der Waals surface area contributed by atoms with Gasteiger partial charge in [0.1, 0.15) is 17.4 Å². The Kier molecular flexibility index (Phi) is 5.32. The normalized spacial score (nSPS) is 20.6. The Morgan fingerprint density at radius 2 is 1.31 bits per heavy atom. The molecule has 6 rings (SSSR count). The van der Waals surface area contributed by atoms with Crippen molar-refractivity contribution in [2.45, 2.75) is 24.3 Å². The molecular formula is C30H27N2O3S+. The molecule has 0 aromatic heterocycles. The molecule has 1 amide bonds. The largest absolute Gasteiger partial charge is 0.324 e. The first-order chi connectivity index (χ1) is 17.4. The van der Waals surface area contributed by atoms with Gasteiger partial charge < -0.3 is 0 Å². The van der Waals surface area contributed by atoms with Crippen LogP contribution in [0.2, 0.25) is 0 Å². The zero-order chi connectivity index (χ0) is 24.9. The average Bonchev–Trinajstić information content (AvgIpc) is 3.22. The fourth-order valence-corrected chi connectivity index (χ4v) is 7.55. The maximum absolute atomic E-state index is 14.1. The van der Waals surface area contributed by atoms with Gasteiger partial charge in [0.2, 0.25) is 0 Å². The van der Waals surface area contributed by atoms with Crippen molar-refractivity contribution in [3.05, 3.63) is 120 Å². The molecule has 0 radical (unpaired) electrons. The summed E-state index contributed by atoms with van der Waals surface area (Å²) in [5.74, 6) is -0.0974. The number of fused-ring (bicyclic) bond motifs is 3. The lowest BCUT2D eigenvalue weighted by Gasteiger charge is -2.43. The molecule has 180 valence electrons. The number of para-hydroxylation sites is 3. The van der Waals surface area contributed by atoms with Crippen molar-refractivity contribution in [2.75, 3.05) is 10.8 Å². The van der Waals surface area contributed by atoms with Crippen LogP contribution in [0.4, 0.5) is 17.1 Å². The molecule has 2 aliphatic heterocycles. The van der Waals surface area contributed by atoms with Crippen molar-refractivity contribution in [1.82, 2.24) is 4.48 Å². The number of quaternary nitrogens is 1. The molecule has 2 heterocycles. The van der Waals surface area contributed by atoms with Crippen molar-refractivity contribution in [3.63, 3.8) is 0 Å². The van der Waals surface area contributed by atoms with Crippen LogP contribution in [0, 0.1) is 12.8 Å². The number of carbonyl (C=O) groups excluding carboxylic acids is 1. The highest BCUT2D eigenvalue weighted by atomic mass is 32.2. The molecule has 6 heteroatoms. The first kappa shape index (κ1) is 22.7. The van der Waals surface area contributed by atoms with Gasteiger partial charge in [-0.15, -0.1) is 0 Å². The molecule has 0 bridgehead atoms. The van der Waals surface area contributed by atoms with Crippen LogP contribution >= 0.6 is 0 Å². The summed E-state index contributed by atoms with van der Waals surface area (Å²) < 4.78 is 29.3. The summed E-state index contributed by atoms with van der Waals surface area (Å²) in [6, 6.07) is 34.1. The Morgan fingerprint density at radius 3 is 1.92 bits per heavy atom. The van der Waals surface area contributed by atoms with Crippen LogP contribution in [0.15, 0.2) is 114 Å². The Balaban J connectivity index is 1.58. The highest BCUT2D eigenvalue weighted by Gasteiger charge is 2.62. The van der Waals surface area contributed by atoms with E-state index in [1.54, 1.807) is 12.1 Å². The topological polar surface area (TPSA) is 54.5 Å². The van der Waals surface area contributed by atoms with Gasteiger partial charge in [-0.2, -0.15) is 4.48 Å². The average molecular weight is 496 g/mol. The molecule has 5 nitrogen and oxygen atoms in total. The van der Waals surface area contributed by atoms with Crippen molar-refractivity contribution < 1.29 is 13.2 Å². The number of rotatable bonds is 4. The minimum Gasteiger partial charge on any atom is -0.265 e. The van der Waals surface area contributed by atoms with Crippen LogP contribution in [-0.2, 0) is 14.8 Å². The Labute approximate surface area is 211 Å².